The highest BCUT2D eigenvalue weighted by Gasteiger charge is 2.34. The number of nitrogens with one attached hydrogen (secondary N) is 1. The van der Waals surface area contributed by atoms with Crippen LogP contribution in [0.3, 0.4) is 0 Å². The molecular formula is C22H23N3O5S2. The second-order valence-electron chi connectivity index (χ2n) is 7.46. The lowest BCUT2D eigenvalue weighted by atomic mass is 10.1. The third-order valence-electron chi connectivity index (χ3n) is 5.35. The number of thiophene rings is 1. The van der Waals surface area contributed by atoms with Crippen molar-refractivity contribution in [3.8, 4) is 6.07 Å². The van der Waals surface area contributed by atoms with E-state index in [4.69, 9.17) is 5.26 Å². The summed E-state index contributed by atoms with van der Waals surface area (Å²) in [4.78, 5) is 25.0. The lowest BCUT2D eigenvalue weighted by Gasteiger charge is -2.26. The average Bonchev–Trinajstić information content (AvgIpc) is 3.42. The molecule has 0 aliphatic heterocycles. The Morgan fingerprint density at radius 1 is 1.34 bits per heavy atom. The lowest BCUT2D eigenvalue weighted by Crippen LogP contribution is -2.39. The van der Waals surface area contributed by atoms with Crippen LogP contribution in [0.15, 0.2) is 41.8 Å². The van der Waals surface area contributed by atoms with Gasteiger partial charge in [0.2, 0.25) is 10.0 Å². The van der Waals surface area contributed by atoms with Crippen molar-refractivity contribution >= 4 is 38.9 Å². The van der Waals surface area contributed by atoms with E-state index in [0.717, 1.165) is 37.0 Å². The molecule has 1 fully saturated rings. The molecule has 2 aromatic rings. The van der Waals surface area contributed by atoms with E-state index < -0.39 is 21.9 Å². The minimum atomic E-state index is -3.83. The number of amides is 1. The summed E-state index contributed by atoms with van der Waals surface area (Å²) < 4.78 is 28.2. The van der Waals surface area contributed by atoms with Crippen LogP contribution in [0.2, 0.25) is 0 Å². The Morgan fingerprint density at radius 3 is 2.62 bits per heavy atom. The van der Waals surface area contributed by atoms with E-state index in [1.807, 2.05) is 6.07 Å². The number of nitrogens with zero attached hydrogens (tertiary/aromatic N) is 2. The predicted octanol–water partition coefficient (Wildman–Crippen LogP) is 4.00. The van der Waals surface area contributed by atoms with Crippen molar-refractivity contribution in [1.82, 2.24) is 4.31 Å². The monoisotopic (exact) mass is 473 g/mol. The van der Waals surface area contributed by atoms with Gasteiger partial charge in [-0.3, -0.25) is 4.79 Å². The summed E-state index contributed by atoms with van der Waals surface area (Å²) in [6.07, 6.45) is 5.09. The van der Waals surface area contributed by atoms with Gasteiger partial charge in [0, 0.05) is 17.5 Å². The number of anilines is 1. The Balaban J connectivity index is 1.91. The van der Waals surface area contributed by atoms with Crippen LogP contribution < -0.4 is 5.32 Å². The molecule has 1 aliphatic rings. The quantitative estimate of drug-likeness (QED) is 0.558. The van der Waals surface area contributed by atoms with Gasteiger partial charge in [-0.2, -0.15) is 9.57 Å². The zero-order valence-electron chi connectivity index (χ0n) is 17.5. The number of hydrogen-bond donors (Lipinski definition) is 2. The third-order valence-corrected chi connectivity index (χ3v) is 8.57. The summed E-state index contributed by atoms with van der Waals surface area (Å²) in [5.41, 5.74) is -0.0527. The van der Waals surface area contributed by atoms with Crippen molar-refractivity contribution in [1.29, 1.82) is 5.26 Å². The molecule has 1 aromatic carbocycles. The summed E-state index contributed by atoms with van der Waals surface area (Å²) >= 11 is 1.03. The van der Waals surface area contributed by atoms with Gasteiger partial charge in [-0.15, -0.1) is 17.9 Å². The van der Waals surface area contributed by atoms with Gasteiger partial charge in [-0.25, -0.2) is 13.2 Å². The Labute approximate surface area is 190 Å². The number of carboxylic acid groups (broad SMARTS) is 1. The topological polar surface area (TPSA) is 128 Å². The van der Waals surface area contributed by atoms with Crippen LogP contribution in [0.4, 0.5) is 5.69 Å². The molecule has 1 amide bonds. The molecule has 1 aromatic heterocycles. The molecule has 3 rings (SSSR count). The molecule has 32 heavy (non-hydrogen) atoms. The number of aromatic carboxylic acids is 1. The van der Waals surface area contributed by atoms with Crippen LogP contribution in [0.25, 0.3) is 0 Å². The normalized spacial score (nSPS) is 14.3. The highest BCUT2D eigenvalue weighted by atomic mass is 32.2. The molecule has 1 aliphatic carbocycles. The van der Waals surface area contributed by atoms with Gasteiger partial charge in [0.1, 0.15) is 0 Å². The first-order chi connectivity index (χ1) is 15.2. The number of hydrogen-bond acceptors (Lipinski definition) is 6. The van der Waals surface area contributed by atoms with E-state index in [-0.39, 0.29) is 39.2 Å². The van der Waals surface area contributed by atoms with E-state index in [9.17, 15) is 23.1 Å². The van der Waals surface area contributed by atoms with Crippen molar-refractivity contribution in [2.75, 3.05) is 11.9 Å². The molecule has 0 saturated heterocycles. The molecule has 1 heterocycles. The van der Waals surface area contributed by atoms with Crippen LogP contribution in [0.1, 0.15) is 56.2 Å². The van der Waals surface area contributed by atoms with Crippen LogP contribution in [0.5, 0.6) is 0 Å². The van der Waals surface area contributed by atoms with Crippen molar-refractivity contribution in [2.45, 2.75) is 43.5 Å². The van der Waals surface area contributed by atoms with Crippen LogP contribution in [0, 0.1) is 18.3 Å². The maximum Gasteiger partial charge on any atom is 0.337 e. The molecule has 0 unspecified atom stereocenters. The SMILES string of the molecule is C=CCN(C1CCCC1)S(=O)(=O)c1cc(C(=O)Nc2ccc(C#N)cc2C(=O)O)sc1C. The van der Waals surface area contributed by atoms with Crippen LogP contribution >= 0.6 is 11.3 Å². The molecule has 10 heteroatoms. The van der Waals surface area contributed by atoms with E-state index >= 15 is 0 Å². The van der Waals surface area contributed by atoms with Crippen molar-refractivity contribution < 1.29 is 23.1 Å². The fourth-order valence-corrected chi connectivity index (χ4v) is 6.92. The molecule has 0 radical (unpaired) electrons. The Hall–Kier alpha value is -3.00. The Bertz CT molecular complexity index is 1200. The van der Waals surface area contributed by atoms with Crippen molar-refractivity contribution in [2.24, 2.45) is 0 Å². The number of nitriles is 1. The molecule has 1 saturated carbocycles. The number of carbonyl (C=O) groups is 2. The van der Waals surface area contributed by atoms with Crippen LogP contribution in [-0.4, -0.2) is 42.3 Å². The van der Waals surface area contributed by atoms with Gasteiger partial charge in [-0.1, -0.05) is 18.9 Å². The molecule has 0 bridgehead atoms. The molecule has 2 N–H and O–H groups in total. The minimum absolute atomic E-state index is 0.0243. The molecule has 0 spiro atoms. The maximum atomic E-state index is 13.4. The van der Waals surface area contributed by atoms with Crippen molar-refractivity contribution in [3.63, 3.8) is 0 Å². The Kier molecular flexibility index (Phi) is 7.13. The van der Waals surface area contributed by atoms with E-state index in [2.05, 4.69) is 11.9 Å². The molecule has 168 valence electrons. The first kappa shape index (κ1) is 23.7. The smallest absolute Gasteiger partial charge is 0.337 e. The standard InChI is InChI=1S/C22H23N3O5S2/c1-3-10-25(16-6-4-5-7-16)32(29,30)20-12-19(31-14(20)2)21(26)24-18-9-8-15(13-23)11-17(18)22(27)28/h3,8-9,11-12,16H,1,4-7,10H2,2H3,(H,24,26)(H,27,28). The highest BCUT2D eigenvalue weighted by Crippen LogP contribution is 2.33. The summed E-state index contributed by atoms with van der Waals surface area (Å²) in [5, 5.41) is 20.9. The number of carbonyl (C=O) groups excluding carboxylic acids is 1. The van der Waals surface area contributed by atoms with Gasteiger partial charge in [0.25, 0.3) is 5.91 Å². The first-order valence-electron chi connectivity index (χ1n) is 10.0. The molecule has 8 nitrogen and oxygen atoms in total. The third kappa shape index (κ3) is 4.75. The van der Waals surface area contributed by atoms with Crippen molar-refractivity contribution in [3.05, 3.63) is 57.8 Å². The van der Waals surface area contributed by atoms with Gasteiger partial charge >= 0.3 is 5.97 Å². The molecular weight excluding hydrogens is 450 g/mol. The zero-order valence-corrected chi connectivity index (χ0v) is 19.1. The van der Waals surface area contributed by atoms with Gasteiger partial charge < -0.3 is 10.4 Å². The van der Waals surface area contributed by atoms with Crippen LogP contribution in [-0.2, 0) is 10.0 Å². The number of rotatable bonds is 8. The fraction of sp³-hybridized carbons (Fsp3) is 0.318. The second kappa shape index (κ2) is 9.65. The summed E-state index contributed by atoms with van der Waals surface area (Å²) in [6.45, 7) is 5.51. The number of carboxylic acids is 1. The summed E-state index contributed by atoms with van der Waals surface area (Å²) in [5.74, 6) is -1.91. The number of benzene rings is 1. The largest absolute Gasteiger partial charge is 0.478 e. The van der Waals surface area contributed by atoms with E-state index in [0.29, 0.717) is 4.88 Å². The Morgan fingerprint density at radius 2 is 2.03 bits per heavy atom. The first-order valence-corrected chi connectivity index (χ1v) is 12.3. The van der Waals surface area contributed by atoms with E-state index in [1.165, 1.54) is 28.6 Å². The highest BCUT2D eigenvalue weighted by molar-refractivity contribution is 7.89. The van der Waals surface area contributed by atoms with Gasteiger partial charge in [-0.05, 0) is 44.0 Å². The summed E-state index contributed by atoms with van der Waals surface area (Å²) in [6, 6.07) is 7.00. The summed E-state index contributed by atoms with van der Waals surface area (Å²) in [7, 11) is -3.83. The fourth-order valence-electron chi connectivity index (χ4n) is 3.81. The van der Waals surface area contributed by atoms with Gasteiger partial charge in [0.15, 0.2) is 0 Å². The maximum absolute atomic E-state index is 13.4. The second-order valence-corrected chi connectivity index (χ2v) is 10.6. The number of sulfonamides is 1. The molecule has 0 atom stereocenters. The minimum Gasteiger partial charge on any atom is -0.478 e. The lowest BCUT2D eigenvalue weighted by molar-refractivity contribution is 0.0698. The van der Waals surface area contributed by atoms with E-state index in [1.54, 1.807) is 13.0 Å². The average molecular weight is 474 g/mol. The zero-order chi connectivity index (χ0) is 23.5. The van der Waals surface area contributed by atoms with Gasteiger partial charge in [0.05, 0.1) is 32.7 Å². The number of aryl methyl sites for hydroxylation is 1. The predicted molar refractivity (Wildman–Crippen MR) is 121 cm³/mol.